The molecule has 0 aliphatic heterocycles. The average Bonchev–Trinajstić information content (AvgIpc) is 2.18. The fraction of sp³-hybridized carbons (Fsp3) is 0.545. The maximum absolute atomic E-state index is 5.48. The highest BCUT2D eigenvalue weighted by Gasteiger charge is 2.05. The molecule has 1 aromatic rings. The van der Waals surface area contributed by atoms with Gasteiger partial charge in [-0.3, -0.25) is 4.98 Å². The van der Waals surface area contributed by atoms with Crippen molar-refractivity contribution in [2.45, 2.75) is 20.3 Å². The largest absolute Gasteiger partial charge is 0.374 e. The van der Waals surface area contributed by atoms with Gasteiger partial charge in [0.05, 0.1) is 0 Å². The Morgan fingerprint density at radius 2 is 2.14 bits per heavy atom. The summed E-state index contributed by atoms with van der Waals surface area (Å²) >= 11 is 0. The van der Waals surface area contributed by atoms with Crippen LogP contribution in [-0.4, -0.2) is 25.1 Å². The van der Waals surface area contributed by atoms with Gasteiger partial charge in [-0.1, -0.05) is 0 Å². The number of anilines is 1. The van der Waals surface area contributed by atoms with Gasteiger partial charge < -0.3 is 10.6 Å². The molecule has 0 amide bonds. The van der Waals surface area contributed by atoms with Crippen LogP contribution in [0.2, 0.25) is 0 Å². The van der Waals surface area contributed by atoms with Crippen LogP contribution < -0.4 is 10.6 Å². The predicted octanol–water partition coefficient (Wildman–Crippen LogP) is 1.48. The van der Waals surface area contributed by atoms with Crippen LogP contribution >= 0.6 is 0 Å². The number of pyridine rings is 1. The molecule has 0 aromatic carbocycles. The van der Waals surface area contributed by atoms with Gasteiger partial charge in [-0.05, 0) is 38.4 Å². The third-order valence-corrected chi connectivity index (χ3v) is 2.54. The molecule has 1 rings (SSSR count). The van der Waals surface area contributed by atoms with E-state index in [9.17, 15) is 0 Å². The van der Waals surface area contributed by atoms with E-state index in [0.717, 1.165) is 25.2 Å². The lowest BCUT2D eigenvalue weighted by molar-refractivity contribution is 0.792. The number of hydrogen-bond acceptors (Lipinski definition) is 3. The first-order chi connectivity index (χ1) is 6.66. The third kappa shape index (κ3) is 2.45. The Balaban J connectivity index is 2.79. The van der Waals surface area contributed by atoms with Crippen molar-refractivity contribution in [1.29, 1.82) is 0 Å². The molecule has 0 unspecified atom stereocenters. The molecular weight excluding hydrogens is 174 g/mol. The summed E-state index contributed by atoms with van der Waals surface area (Å²) in [6.45, 7) is 5.89. The van der Waals surface area contributed by atoms with Gasteiger partial charge in [0.25, 0.3) is 0 Å². The molecule has 0 saturated carbocycles. The Kier molecular flexibility index (Phi) is 3.89. The zero-order chi connectivity index (χ0) is 10.6. The van der Waals surface area contributed by atoms with E-state index in [1.165, 1.54) is 11.3 Å². The van der Waals surface area contributed by atoms with Crippen LogP contribution in [0.3, 0.4) is 0 Å². The van der Waals surface area contributed by atoms with Gasteiger partial charge >= 0.3 is 0 Å². The van der Waals surface area contributed by atoms with Crippen LogP contribution in [0.25, 0.3) is 0 Å². The van der Waals surface area contributed by atoms with E-state index in [0.29, 0.717) is 0 Å². The van der Waals surface area contributed by atoms with Crippen molar-refractivity contribution in [3.63, 3.8) is 0 Å². The Morgan fingerprint density at radius 3 is 2.79 bits per heavy atom. The molecule has 2 N–H and O–H groups in total. The molecular formula is C11H19N3. The van der Waals surface area contributed by atoms with Gasteiger partial charge in [0, 0.05) is 31.2 Å². The Morgan fingerprint density at radius 1 is 1.43 bits per heavy atom. The molecule has 0 spiro atoms. The van der Waals surface area contributed by atoms with E-state index < -0.39 is 0 Å². The maximum Gasteiger partial charge on any atom is 0.0426 e. The highest BCUT2D eigenvalue weighted by molar-refractivity contribution is 5.53. The van der Waals surface area contributed by atoms with E-state index in [-0.39, 0.29) is 0 Å². The Labute approximate surface area is 85.9 Å². The molecule has 0 saturated heterocycles. The summed E-state index contributed by atoms with van der Waals surface area (Å²) in [7, 11) is 2.09. The second-order valence-electron chi connectivity index (χ2n) is 3.60. The summed E-state index contributed by atoms with van der Waals surface area (Å²) in [5.41, 5.74) is 9.10. The van der Waals surface area contributed by atoms with Crippen molar-refractivity contribution >= 4 is 5.69 Å². The smallest absolute Gasteiger partial charge is 0.0426 e. The lowest BCUT2D eigenvalue weighted by Gasteiger charge is -2.21. The monoisotopic (exact) mass is 193 g/mol. The van der Waals surface area contributed by atoms with Crippen molar-refractivity contribution in [2.75, 3.05) is 25.0 Å². The van der Waals surface area contributed by atoms with Crippen molar-refractivity contribution in [3.8, 4) is 0 Å². The summed E-state index contributed by atoms with van der Waals surface area (Å²) in [6.07, 6.45) is 2.88. The molecule has 0 aliphatic rings. The van der Waals surface area contributed by atoms with Crippen LogP contribution in [0.5, 0.6) is 0 Å². The highest BCUT2D eigenvalue weighted by atomic mass is 15.1. The number of hydrogen-bond donors (Lipinski definition) is 1. The van der Waals surface area contributed by atoms with Crippen molar-refractivity contribution in [2.24, 2.45) is 5.73 Å². The summed E-state index contributed by atoms with van der Waals surface area (Å²) in [4.78, 5) is 6.48. The first kappa shape index (κ1) is 11.0. The normalized spacial score (nSPS) is 10.3. The summed E-state index contributed by atoms with van der Waals surface area (Å²) < 4.78 is 0. The molecule has 0 aliphatic carbocycles. The van der Waals surface area contributed by atoms with Crippen LogP contribution in [0.15, 0.2) is 12.3 Å². The van der Waals surface area contributed by atoms with Crippen molar-refractivity contribution in [3.05, 3.63) is 23.5 Å². The first-order valence-electron chi connectivity index (χ1n) is 5.00. The third-order valence-electron chi connectivity index (χ3n) is 2.54. The molecule has 78 valence electrons. The number of aromatic nitrogens is 1. The van der Waals surface area contributed by atoms with Gasteiger partial charge in [-0.2, -0.15) is 0 Å². The second-order valence-corrected chi connectivity index (χ2v) is 3.60. The minimum absolute atomic E-state index is 0.744. The zero-order valence-corrected chi connectivity index (χ0v) is 9.25. The van der Waals surface area contributed by atoms with E-state index in [1.807, 2.05) is 13.1 Å². The van der Waals surface area contributed by atoms with Gasteiger partial charge in [0.15, 0.2) is 0 Å². The molecule has 0 atom stereocenters. The lowest BCUT2D eigenvalue weighted by Crippen LogP contribution is -2.22. The second kappa shape index (κ2) is 4.96. The van der Waals surface area contributed by atoms with E-state index in [4.69, 9.17) is 5.73 Å². The van der Waals surface area contributed by atoms with Crippen LogP contribution in [0, 0.1) is 13.8 Å². The standard InChI is InChI=1S/C11H19N3/c1-9-10(2)13-7-5-11(9)14(3)8-4-6-12/h5,7H,4,6,8,12H2,1-3H3. The minimum atomic E-state index is 0.744. The molecule has 3 nitrogen and oxygen atoms in total. The molecule has 0 bridgehead atoms. The average molecular weight is 193 g/mol. The van der Waals surface area contributed by atoms with Gasteiger partial charge in [0.1, 0.15) is 0 Å². The molecule has 3 heteroatoms. The lowest BCUT2D eigenvalue weighted by atomic mass is 10.2. The molecule has 1 heterocycles. The molecule has 0 radical (unpaired) electrons. The van der Waals surface area contributed by atoms with Crippen LogP contribution in [0.1, 0.15) is 17.7 Å². The fourth-order valence-corrected chi connectivity index (χ4v) is 1.49. The van der Waals surface area contributed by atoms with Gasteiger partial charge in [-0.25, -0.2) is 0 Å². The topological polar surface area (TPSA) is 42.2 Å². The summed E-state index contributed by atoms with van der Waals surface area (Å²) in [5.74, 6) is 0. The predicted molar refractivity (Wildman–Crippen MR) is 60.7 cm³/mol. The molecule has 1 aromatic heterocycles. The summed E-state index contributed by atoms with van der Waals surface area (Å²) in [5, 5.41) is 0. The molecule has 0 fully saturated rings. The van der Waals surface area contributed by atoms with E-state index in [1.54, 1.807) is 0 Å². The number of nitrogens with two attached hydrogens (primary N) is 1. The van der Waals surface area contributed by atoms with Crippen molar-refractivity contribution < 1.29 is 0 Å². The number of aryl methyl sites for hydroxylation is 1. The molecule has 14 heavy (non-hydrogen) atoms. The van der Waals surface area contributed by atoms with Crippen LogP contribution in [0.4, 0.5) is 5.69 Å². The Hall–Kier alpha value is -1.09. The van der Waals surface area contributed by atoms with E-state index in [2.05, 4.69) is 29.9 Å². The quantitative estimate of drug-likeness (QED) is 0.787. The maximum atomic E-state index is 5.48. The zero-order valence-electron chi connectivity index (χ0n) is 9.25. The summed E-state index contributed by atoms with van der Waals surface area (Å²) in [6, 6.07) is 2.05. The van der Waals surface area contributed by atoms with Crippen LogP contribution in [-0.2, 0) is 0 Å². The Bertz CT molecular complexity index is 297. The van der Waals surface area contributed by atoms with Gasteiger partial charge in [0.2, 0.25) is 0 Å². The fourth-order valence-electron chi connectivity index (χ4n) is 1.49. The highest BCUT2D eigenvalue weighted by Crippen LogP contribution is 2.19. The first-order valence-corrected chi connectivity index (χ1v) is 5.00. The minimum Gasteiger partial charge on any atom is -0.374 e. The number of rotatable bonds is 4. The number of nitrogens with zero attached hydrogens (tertiary/aromatic N) is 2. The van der Waals surface area contributed by atoms with Crippen molar-refractivity contribution in [1.82, 2.24) is 4.98 Å². The van der Waals surface area contributed by atoms with Gasteiger partial charge in [-0.15, -0.1) is 0 Å². The SMILES string of the molecule is Cc1nccc(N(C)CCCN)c1C. The van der Waals surface area contributed by atoms with E-state index >= 15 is 0 Å².